The molecule has 0 bridgehead atoms. The van der Waals surface area contributed by atoms with Crippen LogP contribution in [0.2, 0.25) is 0 Å². The van der Waals surface area contributed by atoms with Crippen molar-refractivity contribution in [3.63, 3.8) is 0 Å². The predicted octanol–water partition coefficient (Wildman–Crippen LogP) is 3.24. The highest BCUT2D eigenvalue weighted by atomic mass is 32.1. The number of benzene rings is 1. The zero-order chi connectivity index (χ0) is 18.1. The quantitative estimate of drug-likeness (QED) is 0.770. The molecule has 134 valence electrons. The first kappa shape index (κ1) is 17.0. The van der Waals surface area contributed by atoms with Gasteiger partial charge in [-0.25, -0.2) is 0 Å². The van der Waals surface area contributed by atoms with E-state index in [0.717, 1.165) is 22.6 Å². The molecule has 0 spiro atoms. The van der Waals surface area contributed by atoms with Gasteiger partial charge in [0.05, 0.1) is 29.4 Å². The van der Waals surface area contributed by atoms with Crippen molar-refractivity contribution in [2.24, 2.45) is 0 Å². The Bertz CT molecular complexity index is 916. The molecule has 1 aromatic carbocycles. The molecule has 0 saturated heterocycles. The Morgan fingerprint density at radius 1 is 1.23 bits per heavy atom. The molecule has 0 saturated carbocycles. The van der Waals surface area contributed by atoms with Crippen LogP contribution in [0.1, 0.15) is 44.5 Å². The van der Waals surface area contributed by atoms with Crippen LogP contribution in [0, 0.1) is 0 Å². The van der Waals surface area contributed by atoms with Crippen LogP contribution in [-0.2, 0) is 19.5 Å². The number of carbonyl (C=O) groups is 1. The lowest BCUT2D eigenvalue weighted by molar-refractivity contribution is 0.0711. The molecule has 0 radical (unpaired) electrons. The van der Waals surface area contributed by atoms with Gasteiger partial charge < -0.3 is 10.0 Å². The van der Waals surface area contributed by atoms with Crippen molar-refractivity contribution in [3.05, 3.63) is 75.2 Å². The van der Waals surface area contributed by atoms with Crippen molar-refractivity contribution < 1.29 is 9.90 Å². The SMILES string of the molecule is CCc1ccc(C(=O)N2CCn3nc([C@H](O)c4ccccc4)cc3C2)s1. The molecule has 6 heteroatoms. The summed E-state index contributed by atoms with van der Waals surface area (Å²) < 4.78 is 1.90. The topological polar surface area (TPSA) is 58.4 Å². The standard InChI is InChI=1S/C20H21N3O2S/c1-2-16-8-9-18(26-16)20(25)22-10-11-23-15(13-22)12-17(21-23)19(24)14-6-4-3-5-7-14/h3-9,12,19,24H,2,10-11,13H2,1H3/t19-/m1/s1. The highest BCUT2D eigenvalue weighted by Gasteiger charge is 2.25. The molecule has 1 amide bonds. The molecule has 1 atom stereocenters. The summed E-state index contributed by atoms with van der Waals surface area (Å²) in [7, 11) is 0. The number of fused-ring (bicyclic) bond motifs is 1. The molecule has 26 heavy (non-hydrogen) atoms. The molecule has 1 aliphatic rings. The van der Waals surface area contributed by atoms with Gasteiger partial charge in [0.15, 0.2) is 0 Å². The predicted molar refractivity (Wildman–Crippen MR) is 101 cm³/mol. The summed E-state index contributed by atoms with van der Waals surface area (Å²) in [6, 6.07) is 15.4. The van der Waals surface area contributed by atoms with Gasteiger partial charge in [0.2, 0.25) is 0 Å². The van der Waals surface area contributed by atoms with Crippen molar-refractivity contribution in [2.45, 2.75) is 32.5 Å². The smallest absolute Gasteiger partial charge is 0.264 e. The number of aliphatic hydroxyl groups is 1. The minimum atomic E-state index is -0.747. The summed E-state index contributed by atoms with van der Waals surface area (Å²) in [4.78, 5) is 16.6. The lowest BCUT2D eigenvalue weighted by atomic mass is 10.1. The first-order chi connectivity index (χ1) is 12.7. The number of aliphatic hydroxyl groups excluding tert-OH is 1. The molecule has 0 aliphatic carbocycles. The zero-order valence-electron chi connectivity index (χ0n) is 14.6. The average Bonchev–Trinajstić information content (AvgIpc) is 3.33. The maximum Gasteiger partial charge on any atom is 0.264 e. The minimum absolute atomic E-state index is 0.0762. The largest absolute Gasteiger partial charge is 0.382 e. The van der Waals surface area contributed by atoms with Crippen LogP contribution in [0.4, 0.5) is 0 Å². The highest BCUT2D eigenvalue weighted by molar-refractivity contribution is 7.14. The molecule has 2 aromatic heterocycles. The summed E-state index contributed by atoms with van der Waals surface area (Å²) in [5.41, 5.74) is 2.41. The third-order valence-electron chi connectivity index (χ3n) is 4.72. The molecule has 1 aliphatic heterocycles. The second-order valence-corrected chi connectivity index (χ2v) is 7.61. The Balaban J connectivity index is 1.52. The number of nitrogens with zero attached hydrogens (tertiary/aromatic N) is 3. The van der Waals surface area contributed by atoms with Gasteiger partial charge in [-0.3, -0.25) is 9.48 Å². The van der Waals surface area contributed by atoms with Crippen LogP contribution in [0.3, 0.4) is 0 Å². The van der Waals surface area contributed by atoms with E-state index in [2.05, 4.69) is 12.0 Å². The van der Waals surface area contributed by atoms with Crippen LogP contribution < -0.4 is 0 Å². The molecule has 0 unspecified atom stereocenters. The molecule has 3 heterocycles. The van der Waals surface area contributed by atoms with Crippen molar-refractivity contribution >= 4 is 17.2 Å². The van der Waals surface area contributed by atoms with Crippen molar-refractivity contribution in [2.75, 3.05) is 6.54 Å². The van der Waals surface area contributed by atoms with E-state index in [-0.39, 0.29) is 5.91 Å². The van der Waals surface area contributed by atoms with E-state index in [1.54, 1.807) is 11.3 Å². The fourth-order valence-electron chi connectivity index (χ4n) is 3.24. The van der Waals surface area contributed by atoms with Crippen molar-refractivity contribution in [1.82, 2.24) is 14.7 Å². The molecule has 3 aromatic rings. The summed E-state index contributed by atoms with van der Waals surface area (Å²) in [6.07, 6.45) is 0.203. The van der Waals surface area contributed by atoms with Gasteiger partial charge in [-0.05, 0) is 30.2 Å². The second-order valence-electron chi connectivity index (χ2n) is 6.44. The number of hydrogen-bond donors (Lipinski definition) is 1. The number of amides is 1. The van der Waals surface area contributed by atoms with Crippen LogP contribution >= 0.6 is 11.3 Å². The molecular weight excluding hydrogens is 346 g/mol. The van der Waals surface area contributed by atoms with E-state index in [4.69, 9.17) is 0 Å². The van der Waals surface area contributed by atoms with E-state index in [1.165, 1.54) is 4.88 Å². The number of aromatic nitrogens is 2. The van der Waals surface area contributed by atoms with Crippen LogP contribution in [0.5, 0.6) is 0 Å². The van der Waals surface area contributed by atoms with Crippen LogP contribution in [-0.4, -0.2) is 32.2 Å². The normalized spacial score (nSPS) is 14.9. The van der Waals surface area contributed by atoms with Gasteiger partial charge in [0.25, 0.3) is 5.91 Å². The van der Waals surface area contributed by atoms with E-state index >= 15 is 0 Å². The maximum absolute atomic E-state index is 12.8. The van der Waals surface area contributed by atoms with E-state index in [0.29, 0.717) is 25.3 Å². The molecule has 0 fully saturated rings. The van der Waals surface area contributed by atoms with Gasteiger partial charge in [0.1, 0.15) is 6.10 Å². The number of rotatable bonds is 4. The minimum Gasteiger partial charge on any atom is -0.382 e. The highest BCUT2D eigenvalue weighted by Crippen LogP contribution is 2.25. The van der Waals surface area contributed by atoms with Crippen LogP contribution in [0.15, 0.2) is 48.5 Å². The Labute approximate surface area is 156 Å². The monoisotopic (exact) mass is 367 g/mol. The zero-order valence-corrected chi connectivity index (χ0v) is 15.4. The third-order valence-corrected chi connectivity index (χ3v) is 5.94. The molecule has 1 N–H and O–H groups in total. The first-order valence-electron chi connectivity index (χ1n) is 8.83. The number of hydrogen-bond acceptors (Lipinski definition) is 4. The molecular formula is C20H21N3O2S. The summed E-state index contributed by atoms with van der Waals surface area (Å²) >= 11 is 1.57. The first-order valence-corrected chi connectivity index (χ1v) is 9.65. The van der Waals surface area contributed by atoms with Gasteiger partial charge in [-0.1, -0.05) is 37.3 Å². The average molecular weight is 367 g/mol. The third kappa shape index (κ3) is 3.18. The fourth-order valence-corrected chi connectivity index (χ4v) is 4.16. The summed E-state index contributed by atoms with van der Waals surface area (Å²) in [5, 5.41) is 15.1. The Morgan fingerprint density at radius 3 is 2.77 bits per heavy atom. The van der Waals surface area contributed by atoms with E-state index < -0.39 is 6.10 Å². The van der Waals surface area contributed by atoms with E-state index in [1.807, 2.05) is 58.1 Å². The maximum atomic E-state index is 12.8. The van der Waals surface area contributed by atoms with E-state index in [9.17, 15) is 9.90 Å². The van der Waals surface area contributed by atoms with Crippen molar-refractivity contribution in [3.8, 4) is 0 Å². The lowest BCUT2D eigenvalue weighted by Gasteiger charge is -2.27. The summed E-state index contributed by atoms with van der Waals surface area (Å²) in [6.45, 7) is 3.90. The second kappa shape index (κ2) is 7.05. The number of aryl methyl sites for hydroxylation is 1. The van der Waals surface area contributed by atoms with Gasteiger partial charge in [-0.15, -0.1) is 11.3 Å². The Kier molecular flexibility index (Phi) is 4.61. The Morgan fingerprint density at radius 2 is 2.04 bits per heavy atom. The van der Waals surface area contributed by atoms with Gasteiger partial charge >= 0.3 is 0 Å². The number of carbonyl (C=O) groups excluding carboxylic acids is 1. The molecule has 5 nitrogen and oxygen atoms in total. The lowest BCUT2D eigenvalue weighted by Crippen LogP contribution is -2.38. The van der Waals surface area contributed by atoms with Crippen molar-refractivity contribution in [1.29, 1.82) is 0 Å². The van der Waals surface area contributed by atoms with Gasteiger partial charge in [0, 0.05) is 11.4 Å². The number of thiophene rings is 1. The van der Waals surface area contributed by atoms with Gasteiger partial charge in [-0.2, -0.15) is 5.10 Å². The fraction of sp³-hybridized carbons (Fsp3) is 0.300. The Hall–Kier alpha value is -2.44. The molecule has 4 rings (SSSR count). The van der Waals surface area contributed by atoms with Crippen LogP contribution in [0.25, 0.3) is 0 Å². The summed E-state index contributed by atoms with van der Waals surface area (Å²) in [5.74, 6) is 0.0762.